The Balaban J connectivity index is 1.92. The molecule has 2 heteroatoms. The van der Waals surface area contributed by atoms with E-state index in [0.717, 1.165) is 25.9 Å². The van der Waals surface area contributed by atoms with Gasteiger partial charge < -0.3 is 5.11 Å². The van der Waals surface area contributed by atoms with Gasteiger partial charge in [-0.25, -0.2) is 0 Å². The van der Waals surface area contributed by atoms with E-state index in [2.05, 4.69) is 43.0 Å². The summed E-state index contributed by atoms with van der Waals surface area (Å²) in [5, 5.41) is 9.88. The molecule has 0 aliphatic carbocycles. The minimum atomic E-state index is -0.178. The van der Waals surface area contributed by atoms with Crippen molar-refractivity contribution in [2.45, 2.75) is 38.3 Å². The Labute approximate surface area is 97.9 Å². The molecular weight excluding hydrogens is 198 g/mol. The van der Waals surface area contributed by atoms with Crippen molar-refractivity contribution >= 4 is 0 Å². The van der Waals surface area contributed by atoms with Gasteiger partial charge >= 0.3 is 0 Å². The van der Waals surface area contributed by atoms with E-state index in [1.54, 1.807) is 0 Å². The zero-order chi connectivity index (χ0) is 11.6. The van der Waals surface area contributed by atoms with Crippen LogP contribution in [0, 0.1) is 0 Å². The van der Waals surface area contributed by atoms with Crippen molar-refractivity contribution in [3.8, 4) is 0 Å². The van der Waals surface area contributed by atoms with E-state index >= 15 is 0 Å². The zero-order valence-corrected chi connectivity index (χ0v) is 10.2. The summed E-state index contributed by atoms with van der Waals surface area (Å²) in [5.41, 5.74) is 1.31. The van der Waals surface area contributed by atoms with Crippen LogP contribution in [0.1, 0.15) is 25.8 Å². The van der Waals surface area contributed by atoms with Crippen LogP contribution in [0.5, 0.6) is 0 Å². The molecule has 1 fully saturated rings. The summed E-state index contributed by atoms with van der Waals surface area (Å²) in [5.74, 6) is 0. The molecule has 1 atom stereocenters. The monoisotopic (exact) mass is 219 g/mol. The van der Waals surface area contributed by atoms with Crippen LogP contribution >= 0.6 is 0 Å². The lowest BCUT2D eigenvalue weighted by Crippen LogP contribution is -2.45. The quantitative estimate of drug-likeness (QED) is 0.841. The number of rotatable bonds is 3. The van der Waals surface area contributed by atoms with Gasteiger partial charge in [0.05, 0.1) is 6.10 Å². The summed E-state index contributed by atoms with van der Waals surface area (Å²) in [7, 11) is 0. The van der Waals surface area contributed by atoms with Crippen molar-refractivity contribution in [1.29, 1.82) is 0 Å². The van der Waals surface area contributed by atoms with Crippen LogP contribution < -0.4 is 0 Å². The van der Waals surface area contributed by atoms with Gasteiger partial charge in [0.25, 0.3) is 0 Å². The number of nitrogens with zero attached hydrogens (tertiary/aromatic N) is 1. The van der Waals surface area contributed by atoms with Gasteiger partial charge in [0.15, 0.2) is 0 Å². The molecule has 1 N–H and O–H groups in total. The Morgan fingerprint density at radius 1 is 1.31 bits per heavy atom. The fourth-order valence-electron chi connectivity index (χ4n) is 2.44. The summed E-state index contributed by atoms with van der Waals surface area (Å²) >= 11 is 0. The molecule has 0 spiro atoms. The van der Waals surface area contributed by atoms with Crippen LogP contribution in [0.15, 0.2) is 30.3 Å². The molecule has 0 saturated carbocycles. The molecule has 1 heterocycles. The predicted molar refractivity (Wildman–Crippen MR) is 66.4 cm³/mol. The first-order valence-electron chi connectivity index (χ1n) is 6.08. The SMILES string of the molecule is CC1(C)C(O)CCN1CCc1ccccc1. The topological polar surface area (TPSA) is 23.5 Å². The number of hydrogen-bond donors (Lipinski definition) is 1. The van der Waals surface area contributed by atoms with Gasteiger partial charge in [-0.05, 0) is 32.3 Å². The van der Waals surface area contributed by atoms with E-state index < -0.39 is 0 Å². The maximum atomic E-state index is 9.88. The van der Waals surface area contributed by atoms with Crippen molar-refractivity contribution in [2.24, 2.45) is 0 Å². The summed E-state index contributed by atoms with van der Waals surface area (Å²) in [4.78, 5) is 2.39. The lowest BCUT2D eigenvalue weighted by Gasteiger charge is -2.33. The van der Waals surface area contributed by atoms with Gasteiger partial charge in [0.1, 0.15) is 0 Å². The number of hydrogen-bond acceptors (Lipinski definition) is 2. The molecule has 0 bridgehead atoms. The smallest absolute Gasteiger partial charge is 0.0730 e. The highest BCUT2D eigenvalue weighted by Gasteiger charge is 2.39. The highest BCUT2D eigenvalue weighted by atomic mass is 16.3. The average molecular weight is 219 g/mol. The lowest BCUT2D eigenvalue weighted by atomic mass is 9.98. The van der Waals surface area contributed by atoms with Gasteiger partial charge in [0.2, 0.25) is 0 Å². The van der Waals surface area contributed by atoms with E-state index in [1.807, 2.05) is 6.07 Å². The summed E-state index contributed by atoms with van der Waals surface area (Å²) in [6.07, 6.45) is 1.79. The maximum Gasteiger partial charge on any atom is 0.0730 e. The number of benzene rings is 1. The number of aliphatic hydroxyl groups excluding tert-OH is 1. The van der Waals surface area contributed by atoms with E-state index in [-0.39, 0.29) is 11.6 Å². The standard InChI is InChI=1S/C14H21NO/c1-14(2)13(16)9-11-15(14)10-8-12-6-4-3-5-7-12/h3-7,13,16H,8-11H2,1-2H3. The first-order chi connectivity index (χ1) is 7.60. The third-order valence-corrected chi connectivity index (χ3v) is 3.82. The van der Waals surface area contributed by atoms with Crippen LogP contribution in [0.4, 0.5) is 0 Å². The van der Waals surface area contributed by atoms with E-state index in [1.165, 1.54) is 5.56 Å². The van der Waals surface area contributed by atoms with Gasteiger partial charge in [-0.2, -0.15) is 0 Å². The fourth-order valence-corrected chi connectivity index (χ4v) is 2.44. The normalized spacial score (nSPS) is 24.8. The molecule has 0 aromatic heterocycles. The first-order valence-corrected chi connectivity index (χ1v) is 6.08. The van der Waals surface area contributed by atoms with Crippen molar-refractivity contribution in [1.82, 2.24) is 4.90 Å². The van der Waals surface area contributed by atoms with Crippen LogP contribution in [-0.4, -0.2) is 34.7 Å². The van der Waals surface area contributed by atoms with Crippen LogP contribution in [0.2, 0.25) is 0 Å². The first kappa shape index (κ1) is 11.6. The average Bonchev–Trinajstić information content (AvgIpc) is 2.53. The van der Waals surface area contributed by atoms with Crippen molar-refractivity contribution in [3.63, 3.8) is 0 Å². The molecule has 1 aliphatic heterocycles. The molecule has 2 rings (SSSR count). The van der Waals surface area contributed by atoms with Gasteiger partial charge in [-0.15, -0.1) is 0 Å². The minimum absolute atomic E-state index is 0.0607. The highest BCUT2D eigenvalue weighted by Crippen LogP contribution is 2.28. The van der Waals surface area contributed by atoms with Crippen molar-refractivity contribution in [2.75, 3.05) is 13.1 Å². The predicted octanol–water partition coefficient (Wildman–Crippen LogP) is 2.07. The van der Waals surface area contributed by atoms with Crippen molar-refractivity contribution < 1.29 is 5.11 Å². The Bertz CT molecular complexity index is 334. The van der Waals surface area contributed by atoms with Gasteiger partial charge in [-0.1, -0.05) is 30.3 Å². The van der Waals surface area contributed by atoms with E-state index in [9.17, 15) is 5.11 Å². The molecule has 1 unspecified atom stereocenters. The third-order valence-electron chi connectivity index (χ3n) is 3.82. The molecule has 1 aromatic carbocycles. The molecular formula is C14H21NO. The second kappa shape index (κ2) is 4.56. The minimum Gasteiger partial charge on any atom is -0.391 e. The second-order valence-corrected chi connectivity index (χ2v) is 5.18. The molecule has 1 aliphatic rings. The largest absolute Gasteiger partial charge is 0.391 e. The number of likely N-dealkylation sites (tertiary alicyclic amines) is 1. The van der Waals surface area contributed by atoms with E-state index in [4.69, 9.17) is 0 Å². The molecule has 88 valence electrons. The Kier molecular flexibility index (Phi) is 3.31. The summed E-state index contributed by atoms with van der Waals surface area (Å²) in [6.45, 7) is 6.32. The summed E-state index contributed by atoms with van der Waals surface area (Å²) < 4.78 is 0. The molecule has 0 amide bonds. The number of aliphatic hydroxyl groups is 1. The fraction of sp³-hybridized carbons (Fsp3) is 0.571. The Morgan fingerprint density at radius 2 is 2.00 bits per heavy atom. The van der Waals surface area contributed by atoms with Crippen LogP contribution in [-0.2, 0) is 6.42 Å². The lowest BCUT2D eigenvalue weighted by molar-refractivity contribution is 0.0553. The van der Waals surface area contributed by atoms with Gasteiger partial charge in [0, 0.05) is 18.6 Å². The highest BCUT2D eigenvalue weighted by molar-refractivity contribution is 5.15. The Hall–Kier alpha value is -0.860. The maximum absolute atomic E-state index is 9.88. The van der Waals surface area contributed by atoms with Crippen LogP contribution in [0.25, 0.3) is 0 Å². The van der Waals surface area contributed by atoms with Gasteiger partial charge in [-0.3, -0.25) is 4.90 Å². The molecule has 0 radical (unpaired) electrons. The van der Waals surface area contributed by atoms with Crippen molar-refractivity contribution in [3.05, 3.63) is 35.9 Å². The third kappa shape index (κ3) is 2.28. The molecule has 16 heavy (non-hydrogen) atoms. The van der Waals surface area contributed by atoms with E-state index in [0.29, 0.717) is 0 Å². The zero-order valence-electron chi connectivity index (χ0n) is 10.2. The Morgan fingerprint density at radius 3 is 2.56 bits per heavy atom. The molecule has 1 saturated heterocycles. The molecule has 2 nitrogen and oxygen atoms in total. The summed E-state index contributed by atoms with van der Waals surface area (Å²) in [6, 6.07) is 10.5. The second-order valence-electron chi connectivity index (χ2n) is 5.18. The van der Waals surface area contributed by atoms with Crippen LogP contribution in [0.3, 0.4) is 0 Å². The molecule has 1 aromatic rings.